The molecule has 3 atom stereocenters. The molecule has 1 saturated carbocycles. The van der Waals surface area contributed by atoms with E-state index >= 15 is 0 Å². The van der Waals surface area contributed by atoms with Gasteiger partial charge in [0, 0.05) is 11.1 Å². The van der Waals surface area contributed by atoms with Crippen LogP contribution in [0.5, 0.6) is 5.75 Å². The van der Waals surface area contributed by atoms with Gasteiger partial charge >= 0.3 is 0 Å². The molecule has 1 aromatic carbocycles. The number of fused-ring (bicyclic) bond motifs is 5. The molecule has 0 spiro atoms. The number of nitrogens with two attached hydrogens (primary N) is 1. The van der Waals surface area contributed by atoms with Gasteiger partial charge in [-0.2, -0.15) is 0 Å². The Labute approximate surface area is 143 Å². The lowest BCUT2D eigenvalue weighted by molar-refractivity contribution is 0.0802. The second-order valence-electron chi connectivity index (χ2n) is 7.27. The Morgan fingerprint density at radius 2 is 1.88 bits per heavy atom. The molecular formula is C20H25N3O. The van der Waals surface area contributed by atoms with E-state index in [-0.39, 0.29) is 6.23 Å². The van der Waals surface area contributed by atoms with Crippen LogP contribution in [0.25, 0.3) is 11.3 Å². The monoisotopic (exact) mass is 323 g/mol. The summed E-state index contributed by atoms with van der Waals surface area (Å²) in [6, 6.07) is 10.2. The van der Waals surface area contributed by atoms with E-state index in [1.54, 1.807) is 0 Å². The Hall–Kier alpha value is -2.07. The van der Waals surface area contributed by atoms with Crippen LogP contribution in [0, 0.1) is 0 Å². The van der Waals surface area contributed by atoms with Gasteiger partial charge in [0.25, 0.3) is 0 Å². The lowest BCUT2D eigenvalue weighted by Crippen LogP contribution is -2.30. The quantitative estimate of drug-likeness (QED) is 0.865. The van der Waals surface area contributed by atoms with Crippen molar-refractivity contribution in [2.75, 3.05) is 19.8 Å². The molecule has 2 N–H and O–H groups in total. The molecule has 126 valence electrons. The molecule has 0 radical (unpaired) electrons. The maximum Gasteiger partial charge on any atom is 0.149 e. The van der Waals surface area contributed by atoms with Crippen LogP contribution in [-0.4, -0.2) is 30.2 Å². The van der Waals surface area contributed by atoms with E-state index in [4.69, 9.17) is 10.5 Å². The largest absolute Gasteiger partial charge is 0.475 e. The van der Waals surface area contributed by atoms with Crippen LogP contribution in [0.1, 0.15) is 49.1 Å². The molecule has 24 heavy (non-hydrogen) atoms. The SMILES string of the molecule is CC(Oc1ccc(-c2cccc(N)n2)c2c1C1CCC2C1)N(C)C. The number of anilines is 1. The highest BCUT2D eigenvalue weighted by Crippen LogP contribution is 2.58. The summed E-state index contributed by atoms with van der Waals surface area (Å²) in [5.74, 6) is 2.90. The smallest absolute Gasteiger partial charge is 0.149 e. The number of hydrogen-bond donors (Lipinski definition) is 1. The van der Waals surface area contributed by atoms with Gasteiger partial charge in [0.2, 0.25) is 0 Å². The molecule has 4 nitrogen and oxygen atoms in total. The number of rotatable bonds is 4. The highest BCUT2D eigenvalue weighted by molar-refractivity contribution is 5.72. The zero-order valence-corrected chi connectivity index (χ0v) is 14.6. The normalized spacial score (nSPS) is 22.7. The summed E-state index contributed by atoms with van der Waals surface area (Å²) in [5.41, 5.74) is 11.0. The minimum atomic E-state index is 0.0598. The fourth-order valence-electron chi connectivity index (χ4n) is 4.20. The van der Waals surface area contributed by atoms with Crippen LogP contribution in [0.2, 0.25) is 0 Å². The Balaban J connectivity index is 1.82. The number of hydrogen-bond acceptors (Lipinski definition) is 4. The van der Waals surface area contributed by atoms with Crippen LogP contribution in [0.4, 0.5) is 5.82 Å². The Kier molecular flexibility index (Phi) is 3.72. The summed E-state index contributed by atoms with van der Waals surface area (Å²) in [7, 11) is 4.09. The molecule has 0 amide bonds. The van der Waals surface area contributed by atoms with Crippen LogP contribution < -0.4 is 10.5 Å². The number of nitrogen functional groups attached to an aromatic ring is 1. The van der Waals surface area contributed by atoms with Gasteiger partial charge in [-0.3, -0.25) is 4.90 Å². The highest BCUT2D eigenvalue weighted by atomic mass is 16.5. The predicted octanol–water partition coefficient (Wildman–Crippen LogP) is 3.98. The summed E-state index contributed by atoms with van der Waals surface area (Å²) in [6.45, 7) is 2.09. The van der Waals surface area contributed by atoms with Gasteiger partial charge < -0.3 is 10.5 Å². The molecule has 1 fully saturated rings. The molecule has 2 aromatic rings. The third-order valence-corrected chi connectivity index (χ3v) is 5.57. The second-order valence-corrected chi connectivity index (χ2v) is 7.27. The highest BCUT2D eigenvalue weighted by Gasteiger charge is 2.41. The van der Waals surface area contributed by atoms with Crippen molar-refractivity contribution in [3.05, 3.63) is 41.5 Å². The van der Waals surface area contributed by atoms with E-state index < -0.39 is 0 Å². The fourth-order valence-corrected chi connectivity index (χ4v) is 4.20. The van der Waals surface area contributed by atoms with Gasteiger partial charge in [0.15, 0.2) is 0 Å². The first-order valence-corrected chi connectivity index (χ1v) is 8.77. The molecule has 3 unspecified atom stereocenters. The van der Waals surface area contributed by atoms with Crippen molar-refractivity contribution in [3.63, 3.8) is 0 Å². The molecular weight excluding hydrogens is 298 g/mol. The predicted molar refractivity (Wildman–Crippen MR) is 97.2 cm³/mol. The zero-order valence-electron chi connectivity index (χ0n) is 14.6. The second kappa shape index (κ2) is 5.78. The van der Waals surface area contributed by atoms with Crippen molar-refractivity contribution in [2.24, 2.45) is 0 Å². The van der Waals surface area contributed by atoms with E-state index in [0.717, 1.165) is 11.4 Å². The summed E-state index contributed by atoms with van der Waals surface area (Å²) in [5, 5.41) is 0. The molecule has 0 aliphatic heterocycles. The van der Waals surface area contributed by atoms with Gasteiger partial charge in [-0.25, -0.2) is 4.98 Å². The molecule has 1 heterocycles. The maximum absolute atomic E-state index is 6.27. The molecule has 0 saturated heterocycles. The average molecular weight is 323 g/mol. The van der Waals surface area contributed by atoms with Gasteiger partial charge in [-0.15, -0.1) is 0 Å². The molecule has 4 heteroatoms. The Morgan fingerprint density at radius 3 is 2.58 bits per heavy atom. The van der Waals surface area contributed by atoms with Gasteiger partial charge in [-0.1, -0.05) is 6.07 Å². The van der Waals surface area contributed by atoms with Crippen molar-refractivity contribution in [3.8, 4) is 17.0 Å². The summed E-state index contributed by atoms with van der Waals surface area (Å²) in [4.78, 5) is 6.64. The zero-order chi connectivity index (χ0) is 16.8. The van der Waals surface area contributed by atoms with Crippen molar-refractivity contribution >= 4 is 5.82 Å². The van der Waals surface area contributed by atoms with E-state index in [0.29, 0.717) is 17.7 Å². The summed E-state index contributed by atoms with van der Waals surface area (Å²) < 4.78 is 6.27. The molecule has 1 aromatic heterocycles. The van der Waals surface area contributed by atoms with Crippen molar-refractivity contribution in [2.45, 2.75) is 44.2 Å². The standard InChI is InChI=1S/C20H25N3O/c1-12(23(2)3)24-17-10-9-15(16-5-4-6-18(21)22-16)19-13-7-8-14(11-13)20(17)19/h4-6,9-10,12-14H,7-8,11H2,1-3H3,(H2,21,22). The third-order valence-electron chi connectivity index (χ3n) is 5.57. The average Bonchev–Trinajstić information content (AvgIpc) is 3.17. The first-order chi connectivity index (χ1) is 11.5. The van der Waals surface area contributed by atoms with Gasteiger partial charge in [0.05, 0.1) is 5.69 Å². The van der Waals surface area contributed by atoms with Gasteiger partial charge in [-0.05, 0) is 81.9 Å². The van der Waals surface area contributed by atoms with Crippen LogP contribution in [0.15, 0.2) is 30.3 Å². The lowest BCUT2D eigenvalue weighted by Gasteiger charge is -2.26. The van der Waals surface area contributed by atoms with Gasteiger partial charge in [0.1, 0.15) is 17.8 Å². The third kappa shape index (κ3) is 2.46. The fraction of sp³-hybridized carbons (Fsp3) is 0.450. The maximum atomic E-state index is 6.27. The number of benzene rings is 1. The first-order valence-electron chi connectivity index (χ1n) is 8.77. The molecule has 2 aliphatic carbocycles. The van der Waals surface area contributed by atoms with E-state index in [9.17, 15) is 0 Å². The topological polar surface area (TPSA) is 51.4 Å². The molecule has 2 aliphatic rings. The van der Waals surface area contributed by atoms with Crippen molar-refractivity contribution < 1.29 is 4.74 Å². The molecule has 2 bridgehead atoms. The van der Waals surface area contributed by atoms with Crippen LogP contribution in [-0.2, 0) is 0 Å². The first kappa shape index (κ1) is 15.5. The van der Waals surface area contributed by atoms with E-state index in [2.05, 4.69) is 35.0 Å². The lowest BCUT2D eigenvalue weighted by atomic mass is 9.86. The number of pyridine rings is 1. The van der Waals surface area contributed by atoms with E-state index in [1.807, 2.05) is 26.2 Å². The van der Waals surface area contributed by atoms with Crippen LogP contribution >= 0.6 is 0 Å². The van der Waals surface area contributed by atoms with Crippen molar-refractivity contribution in [1.82, 2.24) is 9.88 Å². The Bertz CT molecular complexity index is 771. The minimum absolute atomic E-state index is 0.0598. The summed E-state index contributed by atoms with van der Waals surface area (Å²) in [6.07, 6.45) is 3.86. The van der Waals surface area contributed by atoms with Crippen LogP contribution in [0.3, 0.4) is 0 Å². The number of nitrogens with zero attached hydrogens (tertiary/aromatic N) is 2. The van der Waals surface area contributed by atoms with E-state index in [1.165, 1.54) is 36.0 Å². The number of ether oxygens (including phenoxy) is 1. The minimum Gasteiger partial charge on any atom is -0.475 e. The number of aromatic nitrogens is 1. The summed E-state index contributed by atoms with van der Waals surface area (Å²) >= 11 is 0. The molecule has 4 rings (SSSR count). The van der Waals surface area contributed by atoms with Crippen molar-refractivity contribution in [1.29, 1.82) is 0 Å². The Morgan fingerprint density at radius 1 is 1.12 bits per heavy atom.